The van der Waals surface area contributed by atoms with E-state index in [-0.39, 0.29) is 5.91 Å². The van der Waals surface area contributed by atoms with Crippen molar-refractivity contribution in [3.05, 3.63) is 66.2 Å². The molecule has 1 aromatic heterocycles. The van der Waals surface area contributed by atoms with Crippen molar-refractivity contribution in [1.82, 2.24) is 9.88 Å². The van der Waals surface area contributed by atoms with Crippen LogP contribution in [-0.2, 0) is 17.8 Å². The Hall–Kier alpha value is -3.28. The van der Waals surface area contributed by atoms with Crippen LogP contribution in [0.3, 0.4) is 0 Å². The quantitative estimate of drug-likeness (QED) is 0.592. The van der Waals surface area contributed by atoms with Gasteiger partial charge in [-0.25, -0.2) is 4.98 Å². The number of aromatic nitrogens is 1. The predicted molar refractivity (Wildman–Crippen MR) is 106 cm³/mol. The summed E-state index contributed by atoms with van der Waals surface area (Å²) >= 11 is 0. The molecule has 3 rings (SSSR count). The van der Waals surface area contributed by atoms with Crippen molar-refractivity contribution in [2.45, 2.75) is 19.4 Å². The number of methoxy groups -OCH3 is 2. The fourth-order valence-electron chi connectivity index (χ4n) is 2.99. The predicted octanol–water partition coefficient (Wildman–Crippen LogP) is 3.95. The topological polar surface area (TPSA) is 64.8 Å². The Kier molecular flexibility index (Phi) is 6.32. The van der Waals surface area contributed by atoms with Gasteiger partial charge in [-0.1, -0.05) is 42.5 Å². The second-order valence-corrected chi connectivity index (χ2v) is 6.39. The number of para-hydroxylation sites is 1. The van der Waals surface area contributed by atoms with E-state index in [1.165, 1.54) is 0 Å². The first kappa shape index (κ1) is 19.5. The number of carbonyl (C=O) groups excluding carboxylic acids is 1. The highest BCUT2D eigenvalue weighted by Gasteiger charge is 2.16. The van der Waals surface area contributed by atoms with Gasteiger partial charge < -0.3 is 18.8 Å². The first-order valence-corrected chi connectivity index (χ1v) is 9.06. The highest BCUT2D eigenvalue weighted by Crippen LogP contribution is 2.31. The average molecular weight is 380 g/mol. The van der Waals surface area contributed by atoms with E-state index in [4.69, 9.17) is 13.9 Å². The summed E-state index contributed by atoms with van der Waals surface area (Å²) in [6.45, 7) is 0.431. The molecule has 0 radical (unpaired) electrons. The number of aryl methyl sites for hydroxylation is 1. The van der Waals surface area contributed by atoms with E-state index in [0.717, 1.165) is 11.1 Å². The van der Waals surface area contributed by atoms with E-state index in [0.29, 0.717) is 42.5 Å². The van der Waals surface area contributed by atoms with E-state index >= 15 is 0 Å². The van der Waals surface area contributed by atoms with Gasteiger partial charge in [0.05, 0.1) is 20.4 Å². The van der Waals surface area contributed by atoms with Crippen molar-refractivity contribution in [1.29, 1.82) is 0 Å². The van der Waals surface area contributed by atoms with Gasteiger partial charge in [-0.15, -0.1) is 0 Å². The smallest absolute Gasteiger partial charge is 0.223 e. The maximum atomic E-state index is 12.5. The van der Waals surface area contributed by atoms with Crippen LogP contribution in [0.15, 0.2) is 59.1 Å². The molecule has 3 aromatic rings. The first-order chi connectivity index (χ1) is 13.6. The van der Waals surface area contributed by atoms with Crippen molar-refractivity contribution < 1.29 is 18.7 Å². The Morgan fingerprint density at radius 1 is 1.07 bits per heavy atom. The molecule has 0 fully saturated rings. The number of carbonyl (C=O) groups is 1. The van der Waals surface area contributed by atoms with Gasteiger partial charge in [-0.05, 0) is 6.07 Å². The van der Waals surface area contributed by atoms with Crippen LogP contribution in [-0.4, -0.2) is 37.1 Å². The molecule has 0 aliphatic heterocycles. The zero-order valence-electron chi connectivity index (χ0n) is 16.3. The molecule has 0 unspecified atom stereocenters. The van der Waals surface area contributed by atoms with Gasteiger partial charge in [0.2, 0.25) is 5.91 Å². The van der Waals surface area contributed by atoms with E-state index < -0.39 is 0 Å². The van der Waals surface area contributed by atoms with Crippen molar-refractivity contribution in [2.24, 2.45) is 0 Å². The monoisotopic (exact) mass is 380 g/mol. The molecule has 0 bridgehead atoms. The number of nitrogens with zero attached hydrogens (tertiary/aromatic N) is 2. The van der Waals surface area contributed by atoms with Gasteiger partial charge in [0.15, 0.2) is 23.1 Å². The Morgan fingerprint density at radius 3 is 2.57 bits per heavy atom. The zero-order chi connectivity index (χ0) is 19.9. The molecule has 2 aromatic carbocycles. The van der Waals surface area contributed by atoms with E-state index in [9.17, 15) is 4.79 Å². The third-order valence-electron chi connectivity index (χ3n) is 4.48. The molecule has 0 aliphatic rings. The van der Waals surface area contributed by atoms with E-state index in [1.807, 2.05) is 48.5 Å². The Balaban J connectivity index is 1.59. The number of hydrogen-bond donors (Lipinski definition) is 0. The van der Waals surface area contributed by atoms with Gasteiger partial charge in [-0.3, -0.25) is 4.79 Å². The first-order valence-electron chi connectivity index (χ1n) is 9.06. The minimum absolute atomic E-state index is 0.00401. The van der Waals surface area contributed by atoms with Crippen LogP contribution in [0.2, 0.25) is 0 Å². The average Bonchev–Trinajstić information content (AvgIpc) is 3.21. The Labute approximate surface area is 164 Å². The summed E-state index contributed by atoms with van der Waals surface area (Å²) in [5.74, 6) is 2.56. The lowest BCUT2D eigenvalue weighted by molar-refractivity contribution is -0.130. The standard InChI is InChI=1S/C22H24N2O4/c1-24(15-17-10-7-11-18(26-2)22(17)27-3)21(25)13-12-20-23-14-19(28-20)16-8-5-4-6-9-16/h4-11,14H,12-13,15H2,1-3H3. The number of oxazole rings is 1. The highest BCUT2D eigenvalue weighted by molar-refractivity contribution is 5.76. The summed E-state index contributed by atoms with van der Waals surface area (Å²) in [7, 11) is 4.96. The SMILES string of the molecule is COc1cccc(CN(C)C(=O)CCc2ncc(-c3ccccc3)o2)c1OC. The molecule has 0 atom stereocenters. The van der Waals surface area contributed by atoms with Crippen LogP contribution in [0.25, 0.3) is 11.3 Å². The Morgan fingerprint density at radius 2 is 1.86 bits per heavy atom. The minimum Gasteiger partial charge on any atom is -0.493 e. The Bertz CT molecular complexity index is 921. The zero-order valence-corrected chi connectivity index (χ0v) is 16.3. The third-order valence-corrected chi connectivity index (χ3v) is 4.48. The molecule has 1 heterocycles. The van der Waals surface area contributed by atoms with Crippen molar-refractivity contribution >= 4 is 5.91 Å². The van der Waals surface area contributed by atoms with Gasteiger partial charge in [0.25, 0.3) is 0 Å². The molecule has 6 nitrogen and oxygen atoms in total. The summed E-state index contributed by atoms with van der Waals surface area (Å²) in [5.41, 5.74) is 1.86. The normalized spacial score (nSPS) is 10.5. The molecule has 0 saturated carbocycles. The molecule has 0 spiro atoms. The summed E-state index contributed by atoms with van der Waals surface area (Å²) in [5, 5.41) is 0. The van der Waals surface area contributed by atoms with E-state index in [1.54, 1.807) is 32.4 Å². The molecular weight excluding hydrogens is 356 g/mol. The number of hydrogen-bond acceptors (Lipinski definition) is 5. The van der Waals surface area contributed by atoms with Crippen molar-refractivity contribution in [3.8, 4) is 22.8 Å². The van der Waals surface area contributed by atoms with Crippen LogP contribution >= 0.6 is 0 Å². The number of amides is 1. The van der Waals surface area contributed by atoms with Crippen LogP contribution in [0, 0.1) is 0 Å². The van der Waals surface area contributed by atoms with Crippen molar-refractivity contribution in [3.63, 3.8) is 0 Å². The summed E-state index contributed by atoms with van der Waals surface area (Å²) < 4.78 is 16.5. The lowest BCUT2D eigenvalue weighted by Crippen LogP contribution is -2.26. The van der Waals surface area contributed by atoms with Crippen molar-refractivity contribution in [2.75, 3.05) is 21.3 Å². The lowest BCUT2D eigenvalue weighted by atomic mass is 10.1. The molecule has 6 heteroatoms. The molecule has 146 valence electrons. The van der Waals surface area contributed by atoms with E-state index in [2.05, 4.69) is 4.98 Å². The summed E-state index contributed by atoms with van der Waals surface area (Å²) in [6, 6.07) is 15.4. The largest absolute Gasteiger partial charge is 0.493 e. The van der Waals surface area contributed by atoms with Crippen LogP contribution < -0.4 is 9.47 Å². The second kappa shape index (κ2) is 9.08. The lowest BCUT2D eigenvalue weighted by Gasteiger charge is -2.19. The third kappa shape index (κ3) is 4.52. The van der Waals surface area contributed by atoms with Gasteiger partial charge >= 0.3 is 0 Å². The summed E-state index contributed by atoms with van der Waals surface area (Å²) in [4.78, 5) is 18.5. The maximum absolute atomic E-state index is 12.5. The molecule has 0 saturated heterocycles. The number of rotatable bonds is 8. The fourth-order valence-corrected chi connectivity index (χ4v) is 2.99. The highest BCUT2D eigenvalue weighted by atomic mass is 16.5. The molecular formula is C22H24N2O4. The number of ether oxygens (including phenoxy) is 2. The van der Waals surface area contributed by atoms with Crippen LogP contribution in [0.4, 0.5) is 0 Å². The minimum atomic E-state index is 0.00401. The molecule has 28 heavy (non-hydrogen) atoms. The maximum Gasteiger partial charge on any atom is 0.223 e. The van der Waals surface area contributed by atoms with Gasteiger partial charge in [-0.2, -0.15) is 0 Å². The van der Waals surface area contributed by atoms with Gasteiger partial charge in [0, 0.05) is 37.6 Å². The van der Waals surface area contributed by atoms with Crippen LogP contribution in [0.5, 0.6) is 11.5 Å². The molecule has 0 N–H and O–H groups in total. The van der Waals surface area contributed by atoms with Gasteiger partial charge in [0.1, 0.15) is 0 Å². The number of benzene rings is 2. The molecule has 1 amide bonds. The second-order valence-electron chi connectivity index (χ2n) is 6.39. The molecule has 0 aliphatic carbocycles. The summed E-state index contributed by atoms with van der Waals surface area (Å²) in [6.07, 6.45) is 2.46. The fraction of sp³-hybridized carbons (Fsp3) is 0.273. The van der Waals surface area contributed by atoms with Crippen LogP contribution in [0.1, 0.15) is 17.9 Å².